The van der Waals surface area contributed by atoms with Crippen LogP contribution in [0.25, 0.3) is 22.2 Å². The molecular weight excluding hydrogens is 262 g/mol. The van der Waals surface area contributed by atoms with Crippen molar-refractivity contribution < 1.29 is 4.52 Å². The van der Waals surface area contributed by atoms with E-state index >= 15 is 0 Å². The standard InChI is InChI=1S/C17H17N3O/c1-2-5-13-10-14(8-7-12(13)4-1)16-19-17(21-20-16)15-6-3-9-18-11-15/h1-2,4-5,7-8,10,15,18H,3,6,9,11H2/t15-/m1/s1. The Bertz CT molecular complexity index is 759. The molecule has 1 N–H and O–H groups in total. The molecule has 0 amide bonds. The second-order valence-electron chi connectivity index (χ2n) is 5.56. The summed E-state index contributed by atoms with van der Waals surface area (Å²) in [4.78, 5) is 4.59. The Morgan fingerprint density at radius 3 is 2.86 bits per heavy atom. The molecule has 4 nitrogen and oxygen atoms in total. The SMILES string of the molecule is c1ccc2cc(-c3noc([C@@H]4CCCNC4)n3)ccc2c1. The van der Waals surface area contributed by atoms with Gasteiger partial charge in [-0.3, -0.25) is 0 Å². The van der Waals surface area contributed by atoms with E-state index in [1.807, 2.05) is 12.1 Å². The molecule has 1 atom stereocenters. The molecule has 1 aliphatic rings. The lowest BCUT2D eigenvalue weighted by molar-refractivity contribution is 0.322. The van der Waals surface area contributed by atoms with Crippen LogP contribution in [0.4, 0.5) is 0 Å². The van der Waals surface area contributed by atoms with Crippen molar-refractivity contribution in [2.75, 3.05) is 13.1 Å². The summed E-state index contributed by atoms with van der Waals surface area (Å²) in [6, 6.07) is 14.6. The average molecular weight is 279 g/mol. The quantitative estimate of drug-likeness (QED) is 0.781. The zero-order valence-electron chi connectivity index (χ0n) is 11.7. The van der Waals surface area contributed by atoms with Crippen LogP contribution >= 0.6 is 0 Å². The van der Waals surface area contributed by atoms with Crippen LogP contribution in [0.3, 0.4) is 0 Å². The van der Waals surface area contributed by atoms with Crippen LogP contribution in [0.5, 0.6) is 0 Å². The summed E-state index contributed by atoms with van der Waals surface area (Å²) < 4.78 is 5.47. The summed E-state index contributed by atoms with van der Waals surface area (Å²) in [6.45, 7) is 2.02. The van der Waals surface area contributed by atoms with E-state index in [1.54, 1.807) is 0 Å². The first-order chi connectivity index (χ1) is 10.4. The molecule has 0 unspecified atom stereocenters. The first-order valence-electron chi connectivity index (χ1n) is 7.44. The molecule has 0 aliphatic carbocycles. The van der Waals surface area contributed by atoms with Gasteiger partial charge in [0.05, 0.1) is 5.92 Å². The Hall–Kier alpha value is -2.20. The van der Waals surface area contributed by atoms with Gasteiger partial charge in [-0.1, -0.05) is 41.6 Å². The lowest BCUT2D eigenvalue weighted by Gasteiger charge is -2.18. The summed E-state index contributed by atoms with van der Waals surface area (Å²) in [6.07, 6.45) is 2.28. The fourth-order valence-electron chi connectivity index (χ4n) is 2.91. The van der Waals surface area contributed by atoms with E-state index in [2.05, 4.69) is 45.8 Å². The average Bonchev–Trinajstić information content (AvgIpc) is 3.05. The monoisotopic (exact) mass is 279 g/mol. The molecule has 3 aromatic rings. The zero-order chi connectivity index (χ0) is 14.1. The molecule has 4 heteroatoms. The Kier molecular flexibility index (Phi) is 3.16. The number of aromatic nitrogens is 2. The normalized spacial score (nSPS) is 19.0. The first kappa shape index (κ1) is 12.5. The van der Waals surface area contributed by atoms with Gasteiger partial charge in [-0.15, -0.1) is 0 Å². The van der Waals surface area contributed by atoms with Gasteiger partial charge < -0.3 is 9.84 Å². The summed E-state index contributed by atoms with van der Waals surface area (Å²) in [7, 11) is 0. The van der Waals surface area contributed by atoms with Crippen LogP contribution < -0.4 is 5.32 Å². The lowest BCUT2D eigenvalue weighted by Crippen LogP contribution is -2.28. The van der Waals surface area contributed by atoms with Crippen LogP contribution in [-0.2, 0) is 0 Å². The first-order valence-corrected chi connectivity index (χ1v) is 7.44. The van der Waals surface area contributed by atoms with Crippen molar-refractivity contribution in [1.29, 1.82) is 0 Å². The number of fused-ring (bicyclic) bond motifs is 1. The van der Waals surface area contributed by atoms with Crippen molar-refractivity contribution in [3.05, 3.63) is 48.4 Å². The molecule has 0 saturated carbocycles. The second-order valence-corrected chi connectivity index (χ2v) is 5.56. The van der Waals surface area contributed by atoms with Gasteiger partial charge in [-0.2, -0.15) is 4.98 Å². The molecule has 2 heterocycles. The highest BCUT2D eigenvalue weighted by Gasteiger charge is 2.21. The van der Waals surface area contributed by atoms with Crippen LogP contribution in [0.15, 0.2) is 47.0 Å². The lowest BCUT2D eigenvalue weighted by atomic mass is 10.00. The maximum Gasteiger partial charge on any atom is 0.231 e. The maximum atomic E-state index is 5.47. The highest BCUT2D eigenvalue weighted by atomic mass is 16.5. The summed E-state index contributed by atoms with van der Waals surface area (Å²) in [5.41, 5.74) is 1.01. The molecule has 1 aromatic heterocycles. The van der Waals surface area contributed by atoms with Gasteiger partial charge in [0.15, 0.2) is 0 Å². The minimum absolute atomic E-state index is 0.348. The largest absolute Gasteiger partial charge is 0.339 e. The zero-order valence-corrected chi connectivity index (χ0v) is 11.7. The topological polar surface area (TPSA) is 51.0 Å². The van der Waals surface area contributed by atoms with E-state index in [1.165, 1.54) is 17.2 Å². The van der Waals surface area contributed by atoms with Crippen LogP contribution in [0, 0.1) is 0 Å². The highest BCUT2D eigenvalue weighted by Crippen LogP contribution is 2.26. The predicted molar refractivity (Wildman–Crippen MR) is 82.1 cm³/mol. The Morgan fingerprint density at radius 1 is 1.10 bits per heavy atom. The third kappa shape index (κ3) is 2.43. The minimum atomic E-state index is 0.348. The fraction of sp³-hybridized carbons (Fsp3) is 0.294. The predicted octanol–water partition coefficient (Wildman–Crippen LogP) is 3.36. The second kappa shape index (κ2) is 5.30. The molecule has 1 saturated heterocycles. The van der Waals surface area contributed by atoms with Gasteiger partial charge >= 0.3 is 0 Å². The Balaban J connectivity index is 1.67. The molecule has 106 valence electrons. The molecule has 0 bridgehead atoms. The number of benzene rings is 2. The van der Waals surface area contributed by atoms with Crippen molar-refractivity contribution in [3.8, 4) is 11.4 Å². The molecule has 0 spiro atoms. The summed E-state index contributed by atoms with van der Waals surface area (Å²) in [5.74, 6) is 1.78. The smallest absolute Gasteiger partial charge is 0.231 e. The number of nitrogens with zero attached hydrogens (tertiary/aromatic N) is 2. The molecule has 4 rings (SSSR count). The fourth-order valence-corrected chi connectivity index (χ4v) is 2.91. The molecular formula is C17H17N3O. The highest BCUT2D eigenvalue weighted by molar-refractivity contribution is 5.86. The number of rotatable bonds is 2. The van der Waals surface area contributed by atoms with E-state index in [-0.39, 0.29) is 0 Å². The molecule has 1 aliphatic heterocycles. The van der Waals surface area contributed by atoms with Gasteiger partial charge in [-0.25, -0.2) is 0 Å². The van der Waals surface area contributed by atoms with Gasteiger partial charge in [0.2, 0.25) is 11.7 Å². The molecule has 1 fully saturated rings. The third-order valence-electron chi connectivity index (χ3n) is 4.10. The van der Waals surface area contributed by atoms with Crippen molar-refractivity contribution in [3.63, 3.8) is 0 Å². The summed E-state index contributed by atoms with van der Waals surface area (Å²) in [5, 5.41) is 9.95. The van der Waals surface area contributed by atoms with E-state index in [4.69, 9.17) is 4.52 Å². The van der Waals surface area contributed by atoms with Crippen molar-refractivity contribution in [2.24, 2.45) is 0 Å². The van der Waals surface area contributed by atoms with Crippen molar-refractivity contribution in [2.45, 2.75) is 18.8 Å². The number of hydrogen-bond acceptors (Lipinski definition) is 4. The van der Waals surface area contributed by atoms with E-state index < -0.39 is 0 Å². The van der Waals surface area contributed by atoms with Gasteiger partial charge in [0.1, 0.15) is 0 Å². The van der Waals surface area contributed by atoms with Gasteiger partial charge in [0, 0.05) is 12.1 Å². The van der Waals surface area contributed by atoms with Gasteiger partial charge in [-0.05, 0) is 36.2 Å². The number of piperidine rings is 1. The number of hydrogen-bond donors (Lipinski definition) is 1. The molecule has 21 heavy (non-hydrogen) atoms. The molecule has 0 radical (unpaired) electrons. The van der Waals surface area contributed by atoms with Crippen LogP contribution in [-0.4, -0.2) is 23.2 Å². The van der Waals surface area contributed by atoms with Crippen LogP contribution in [0.2, 0.25) is 0 Å². The van der Waals surface area contributed by atoms with E-state index in [0.717, 1.165) is 31.0 Å². The summed E-state index contributed by atoms with van der Waals surface area (Å²) >= 11 is 0. The van der Waals surface area contributed by atoms with Crippen molar-refractivity contribution >= 4 is 10.8 Å². The number of nitrogens with one attached hydrogen (secondary N) is 1. The Morgan fingerprint density at radius 2 is 2.00 bits per heavy atom. The maximum absolute atomic E-state index is 5.47. The van der Waals surface area contributed by atoms with E-state index in [0.29, 0.717) is 11.7 Å². The minimum Gasteiger partial charge on any atom is -0.339 e. The third-order valence-corrected chi connectivity index (χ3v) is 4.10. The van der Waals surface area contributed by atoms with Crippen molar-refractivity contribution in [1.82, 2.24) is 15.5 Å². The Labute approximate surface area is 123 Å². The van der Waals surface area contributed by atoms with E-state index in [9.17, 15) is 0 Å². The van der Waals surface area contributed by atoms with Gasteiger partial charge in [0.25, 0.3) is 0 Å². The molecule has 2 aromatic carbocycles. The van der Waals surface area contributed by atoms with Crippen LogP contribution in [0.1, 0.15) is 24.7 Å².